The molecule has 0 aliphatic carbocycles. The van der Waals surface area contributed by atoms with Crippen LogP contribution in [0.5, 0.6) is 0 Å². The molecule has 1 heterocycles. The average molecular weight is 240 g/mol. The number of rotatable bonds is 2. The lowest BCUT2D eigenvalue weighted by atomic mass is 10.3. The normalized spacial score (nSPS) is 10.4. The van der Waals surface area contributed by atoms with Crippen LogP contribution in [0.25, 0.3) is 5.69 Å². The van der Waals surface area contributed by atoms with Crippen LogP contribution in [-0.4, -0.2) is 15.6 Å². The Morgan fingerprint density at radius 1 is 1.38 bits per heavy atom. The third kappa shape index (κ3) is 1.92. The monoisotopic (exact) mass is 239 g/mol. The summed E-state index contributed by atoms with van der Waals surface area (Å²) in [5.74, 6) is -1.59. The van der Waals surface area contributed by atoms with Gasteiger partial charge in [-0.2, -0.15) is 0 Å². The first-order valence-electron chi connectivity index (χ1n) is 4.45. The Labute approximate surface area is 95.7 Å². The highest BCUT2D eigenvalue weighted by molar-refractivity contribution is 6.30. The van der Waals surface area contributed by atoms with Crippen LogP contribution in [0.4, 0.5) is 4.39 Å². The summed E-state index contributed by atoms with van der Waals surface area (Å²) in [6, 6.07) is 6.88. The van der Waals surface area contributed by atoms with E-state index in [1.807, 2.05) is 0 Å². The van der Waals surface area contributed by atoms with E-state index in [1.165, 1.54) is 29.0 Å². The Morgan fingerprint density at radius 3 is 2.75 bits per heavy atom. The number of halogens is 2. The lowest BCUT2D eigenvalue weighted by Crippen LogP contribution is -2.05. The number of carboxylic acids is 1. The van der Waals surface area contributed by atoms with Gasteiger partial charge in [0.15, 0.2) is 0 Å². The van der Waals surface area contributed by atoms with Crippen LogP contribution in [0, 0.1) is 5.82 Å². The fraction of sp³-hybridized carbons (Fsp3) is 0. The van der Waals surface area contributed by atoms with E-state index in [9.17, 15) is 9.18 Å². The number of aromatic nitrogens is 1. The molecule has 1 aromatic carbocycles. The highest BCUT2D eigenvalue weighted by Crippen LogP contribution is 2.19. The molecule has 82 valence electrons. The largest absolute Gasteiger partial charge is 0.477 e. The summed E-state index contributed by atoms with van der Waals surface area (Å²) < 4.78 is 14.5. The molecule has 16 heavy (non-hydrogen) atoms. The Bertz CT molecular complexity index is 530. The van der Waals surface area contributed by atoms with Gasteiger partial charge in [-0.05, 0) is 30.3 Å². The number of hydrogen-bond donors (Lipinski definition) is 1. The second kappa shape index (κ2) is 3.98. The molecule has 0 radical (unpaired) electrons. The Hall–Kier alpha value is -1.81. The van der Waals surface area contributed by atoms with Gasteiger partial charge in [-0.15, -0.1) is 0 Å². The Balaban J connectivity index is 2.58. The van der Waals surface area contributed by atoms with E-state index < -0.39 is 11.8 Å². The second-order valence-corrected chi connectivity index (χ2v) is 3.63. The van der Waals surface area contributed by atoms with Crippen molar-refractivity contribution >= 4 is 17.6 Å². The molecule has 3 nitrogen and oxygen atoms in total. The van der Waals surface area contributed by atoms with E-state index in [1.54, 1.807) is 6.07 Å². The maximum absolute atomic E-state index is 13.1. The lowest BCUT2D eigenvalue weighted by molar-refractivity contribution is 0.0688. The van der Waals surface area contributed by atoms with E-state index in [0.717, 1.165) is 6.07 Å². The van der Waals surface area contributed by atoms with Crippen molar-refractivity contribution in [1.29, 1.82) is 0 Å². The van der Waals surface area contributed by atoms with Gasteiger partial charge in [-0.3, -0.25) is 0 Å². The summed E-state index contributed by atoms with van der Waals surface area (Å²) in [5.41, 5.74) is 0.439. The van der Waals surface area contributed by atoms with Gasteiger partial charge in [0.2, 0.25) is 0 Å². The van der Waals surface area contributed by atoms with E-state index in [0.29, 0.717) is 5.69 Å². The zero-order valence-corrected chi connectivity index (χ0v) is 8.78. The van der Waals surface area contributed by atoms with Crippen LogP contribution in [0.2, 0.25) is 5.02 Å². The first kappa shape index (κ1) is 10.7. The Morgan fingerprint density at radius 2 is 2.12 bits per heavy atom. The number of carboxylic acid groups (broad SMARTS) is 1. The summed E-state index contributed by atoms with van der Waals surface area (Å²) in [6.07, 6.45) is 1.54. The molecule has 2 rings (SSSR count). The molecule has 0 aliphatic rings. The van der Waals surface area contributed by atoms with E-state index >= 15 is 0 Å². The quantitative estimate of drug-likeness (QED) is 0.876. The molecule has 0 fully saturated rings. The number of hydrogen-bond acceptors (Lipinski definition) is 1. The zero-order valence-electron chi connectivity index (χ0n) is 8.02. The fourth-order valence-corrected chi connectivity index (χ4v) is 1.67. The van der Waals surface area contributed by atoms with Gasteiger partial charge in [-0.25, -0.2) is 9.18 Å². The molecule has 0 amide bonds. The smallest absolute Gasteiger partial charge is 0.352 e. The molecular formula is C11H7ClFNO2. The van der Waals surface area contributed by atoms with Gasteiger partial charge < -0.3 is 9.67 Å². The number of nitrogens with zero attached hydrogens (tertiary/aromatic N) is 1. The van der Waals surface area contributed by atoms with Crippen LogP contribution >= 0.6 is 11.6 Å². The molecule has 0 saturated carbocycles. The van der Waals surface area contributed by atoms with E-state index in [-0.39, 0.29) is 10.7 Å². The minimum absolute atomic E-state index is 0.0571. The van der Waals surface area contributed by atoms with Crippen molar-refractivity contribution in [3.63, 3.8) is 0 Å². The standard InChI is InChI=1S/C11H7ClFNO2/c12-7-4-8(13)6-9(5-7)14-3-1-2-10(14)11(15)16/h1-6H,(H,15,16). The minimum Gasteiger partial charge on any atom is -0.477 e. The van der Waals surface area contributed by atoms with Crippen LogP contribution in [0.1, 0.15) is 10.5 Å². The predicted molar refractivity (Wildman–Crippen MR) is 57.7 cm³/mol. The first-order valence-corrected chi connectivity index (χ1v) is 4.83. The topological polar surface area (TPSA) is 42.2 Å². The van der Waals surface area contributed by atoms with Gasteiger partial charge >= 0.3 is 5.97 Å². The maximum atomic E-state index is 13.1. The van der Waals surface area contributed by atoms with Crippen LogP contribution in [0.3, 0.4) is 0 Å². The zero-order chi connectivity index (χ0) is 11.7. The van der Waals surface area contributed by atoms with E-state index in [4.69, 9.17) is 16.7 Å². The summed E-state index contributed by atoms with van der Waals surface area (Å²) in [4.78, 5) is 10.9. The highest BCUT2D eigenvalue weighted by Gasteiger charge is 2.11. The predicted octanol–water partition coefficient (Wildman–Crippen LogP) is 2.97. The molecule has 5 heteroatoms. The molecule has 1 aromatic heterocycles. The molecule has 0 atom stereocenters. The second-order valence-electron chi connectivity index (χ2n) is 3.20. The van der Waals surface area contributed by atoms with Crippen molar-refractivity contribution in [2.24, 2.45) is 0 Å². The van der Waals surface area contributed by atoms with Crippen molar-refractivity contribution in [3.8, 4) is 5.69 Å². The summed E-state index contributed by atoms with van der Waals surface area (Å²) in [6.45, 7) is 0. The average Bonchev–Trinajstić information content (AvgIpc) is 2.63. The highest BCUT2D eigenvalue weighted by atomic mass is 35.5. The van der Waals surface area contributed by atoms with Gasteiger partial charge in [-0.1, -0.05) is 11.6 Å². The third-order valence-corrected chi connectivity index (χ3v) is 2.31. The number of benzene rings is 1. The van der Waals surface area contributed by atoms with Crippen LogP contribution < -0.4 is 0 Å². The molecular weight excluding hydrogens is 233 g/mol. The molecule has 0 unspecified atom stereocenters. The van der Waals surface area contributed by atoms with Crippen molar-refractivity contribution in [2.75, 3.05) is 0 Å². The van der Waals surface area contributed by atoms with Crippen LogP contribution in [0.15, 0.2) is 36.5 Å². The summed E-state index contributed by atoms with van der Waals surface area (Å²) in [7, 11) is 0. The minimum atomic E-state index is -1.08. The SMILES string of the molecule is O=C(O)c1cccn1-c1cc(F)cc(Cl)c1. The fourth-order valence-electron chi connectivity index (χ4n) is 1.46. The third-order valence-electron chi connectivity index (χ3n) is 2.09. The van der Waals surface area contributed by atoms with Crippen molar-refractivity contribution < 1.29 is 14.3 Å². The number of carbonyl (C=O) groups is 1. The van der Waals surface area contributed by atoms with Gasteiger partial charge in [0.05, 0.1) is 5.69 Å². The molecule has 2 aromatic rings. The van der Waals surface area contributed by atoms with Crippen molar-refractivity contribution in [1.82, 2.24) is 4.57 Å². The molecule has 0 saturated heterocycles. The molecule has 0 aliphatic heterocycles. The molecule has 0 bridgehead atoms. The number of aromatic carboxylic acids is 1. The lowest BCUT2D eigenvalue weighted by Gasteiger charge is -2.06. The summed E-state index contributed by atoms with van der Waals surface area (Å²) >= 11 is 5.70. The van der Waals surface area contributed by atoms with Gasteiger partial charge in [0, 0.05) is 11.2 Å². The van der Waals surface area contributed by atoms with Gasteiger partial charge in [0.25, 0.3) is 0 Å². The molecule has 1 N–H and O–H groups in total. The van der Waals surface area contributed by atoms with Crippen molar-refractivity contribution in [2.45, 2.75) is 0 Å². The molecule has 0 spiro atoms. The maximum Gasteiger partial charge on any atom is 0.352 e. The Kier molecular flexibility index (Phi) is 2.66. The van der Waals surface area contributed by atoms with Crippen molar-refractivity contribution in [3.05, 3.63) is 53.1 Å². The van der Waals surface area contributed by atoms with E-state index in [2.05, 4.69) is 0 Å². The van der Waals surface area contributed by atoms with Crippen LogP contribution in [-0.2, 0) is 0 Å². The van der Waals surface area contributed by atoms with Gasteiger partial charge in [0.1, 0.15) is 11.5 Å². The first-order chi connectivity index (χ1) is 7.58. The summed E-state index contributed by atoms with van der Waals surface area (Å²) in [5, 5.41) is 9.13.